The highest BCUT2D eigenvalue weighted by Gasteiger charge is 2.25. The molecule has 1 fully saturated rings. The van der Waals surface area contributed by atoms with Crippen molar-refractivity contribution in [2.75, 3.05) is 31.2 Å². The molecule has 0 N–H and O–H groups in total. The minimum atomic E-state index is -2.97. The first-order chi connectivity index (χ1) is 7.94. The molecule has 0 atom stereocenters. The molecule has 1 aliphatic heterocycles. The van der Waals surface area contributed by atoms with Gasteiger partial charge in [-0.2, -0.15) is 0 Å². The molecule has 6 nitrogen and oxygen atoms in total. The van der Waals surface area contributed by atoms with Crippen LogP contribution in [-0.4, -0.2) is 56.4 Å². The molecule has 0 aromatic rings. The molecular formula is C10H17NO5S. The van der Waals surface area contributed by atoms with Crippen molar-refractivity contribution >= 4 is 21.7 Å². The van der Waals surface area contributed by atoms with E-state index in [2.05, 4.69) is 0 Å². The molecule has 98 valence electrons. The third kappa shape index (κ3) is 4.72. The van der Waals surface area contributed by atoms with Crippen LogP contribution in [0.15, 0.2) is 0 Å². The molecule has 0 spiro atoms. The Bertz CT molecular complexity index is 376. The second kappa shape index (κ2) is 6.00. The zero-order chi connectivity index (χ0) is 12.9. The minimum Gasteiger partial charge on any atom is -0.466 e. The molecule has 0 aromatic carbocycles. The summed E-state index contributed by atoms with van der Waals surface area (Å²) in [5.41, 5.74) is 0. The highest BCUT2D eigenvalue weighted by Crippen LogP contribution is 2.07. The number of hydrogen-bond acceptors (Lipinski definition) is 5. The van der Waals surface area contributed by atoms with Gasteiger partial charge in [0.25, 0.3) is 0 Å². The van der Waals surface area contributed by atoms with Crippen molar-refractivity contribution in [3.63, 3.8) is 0 Å². The zero-order valence-corrected chi connectivity index (χ0v) is 10.7. The zero-order valence-electron chi connectivity index (χ0n) is 9.85. The first kappa shape index (κ1) is 14.0. The van der Waals surface area contributed by atoms with Gasteiger partial charge in [-0.3, -0.25) is 9.59 Å². The molecule has 1 rings (SSSR count). The largest absolute Gasteiger partial charge is 0.466 e. The quantitative estimate of drug-likeness (QED) is 0.644. The Morgan fingerprint density at radius 2 is 1.76 bits per heavy atom. The van der Waals surface area contributed by atoms with E-state index in [1.54, 1.807) is 6.92 Å². The van der Waals surface area contributed by atoms with Crippen molar-refractivity contribution in [1.82, 2.24) is 4.90 Å². The van der Waals surface area contributed by atoms with Crippen LogP contribution in [-0.2, 0) is 24.2 Å². The van der Waals surface area contributed by atoms with E-state index >= 15 is 0 Å². The standard InChI is InChI=1S/C10H17NO5S/c1-2-16-10(13)4-3-9(12)11-5-7-17(14,15)8-6-11/h2-8H2,1H3. The molecule has 0 unspecified atom stereocenters. The fourth-order valence-electron chi connectivity index (χ4n) is 1.56. The Morgan fingerprint density at radius 3 is 2.29 bits per heavy atom. The van der Waals surface area contributed by atoms with Crippen LogP contribution in [0.2, 0.25) is 0 Å². The van der Waals surface area contributed by atoms with E-state index in [1.165, 1.54) is 4.90 Å². The van der Waals surface area contributed by atoms with E-state index in [-0.39, 0.29) is 43.3 Å². The monoisotopic (exact) mass is 263 g/mol. The Morgan fingerprint density at radius 1 is 1.18 bits per heavy atom. The normalized spacial score (nSPS) is 18.8. The maximum Gasteiger partial charge on any atom is 0.306 e. The van der Waals surface area contributed by atoms with Crippen LogP contribution in [0.5, 0.6) is 0 Å². The lowest BCUT2D eigenvalue weighted by Crippen LogP contribution is -2.43. The number of carbonyl (C=O) groups excluding carboxylic acids is 2. The van der Waals surface area contributed by atoms with Gasteiger partial charge in [0.15, 0.2) is 9.84 Å². The van der Waals surface area contributed by atoms with Gasteiger partial charge in [0.1, 0.15) is 0 Å². The van der Waals surface area contributed by atoms with E-state index in [0.29, 0.717) is 6.61 Å². The third-order valence-electron chi connectivity index (χ3n) is 2.55. The number of carbonyl (C=O) groups is 2. The molecule has 0 radical (unpaired) electrons. The Hall–Kier alpha value is -1.11. The summed E-state index contributed by atoms with van der Waals surface area (Å²) in [6.45, 7) is 2.46. The second-order valence-corrected chi connectivity index (χ2v) is 6.14. The summed E-state index contributed by atoms with van der Waals surface area (Å²) in [6.07, 6.45) is 0.134. The fourth-order valence-corrected chi connectivity index (χ4v) is 2.76. The average molecular weight is 263 g/mol. The first-order valence-electron chi connectivity index (χ1n) is 5.58. The number of amides is 1. The van der Waals surface area contributed by atoms with Gasteiger partial charge < -0.3 is 9.64 Å². The number of rotatable bonds is 4. The van der Waals surface area contributed by atoms with Gasteiger partial charge in [0, 0.05) is 19.5 Å². The van der Waals surface area contributed by atoms with Crippen LogP contribution in [0.4, 0.5) is 0 Å². The minimum absolute atomic E-state index is 0.0121. The summed E-state index contributed by atoms with van der Waals surface area (Å²) in [5.74, 6) is -0.561. The molecular weight excluding hydrogens is 246 g/mol. The summed E-state index contributed by atoms with van der Waals surface area (Å²) in [7, 11) is -2.97. The van der Waals surface area contributed by atoms with E-state index in [9.17, 15) is 18.0 Å². The Balaban J connectivity index is 2.32. The van der Waals surface area contributed by atoms with E-state index in [4.69, 9.17) is 4.74 Å². The predicted molar refractivity (Wildman–Crippen MR) is 61.1 cm³/mol. The molecule has 1 heterocycles. The lowest BCUT2D eigenvalue weighted by Gasteiger charge is -2.26. The number of hydrogen-bond donors (Lipinski definition) is 0. The summed E-state index contributed by atoms with van der Waals surface area (Å²) < 4.78 is 27.0. The van der Waals surface area contributed by atoms with Crippen molar-refractivity contribution in [2.24, 2.45) is 0 Å². The van der Waals surface area contributed by atoms with Crippen LogP contribution in [0, 0.1) is 0 Å². The number of sulfone groups is 1. The molecule has 1 saturated heterocycles. The fraction of sp³-hybridized carbons (Fsp3) is 0.800. The van der Waals surface area contributed by atoms with Crippen LogP contribution in [0.25, 0.3) is 0 Å². The van der Waals surface area contributed by atoms with Gasteiger partial charge in [-0.15, -0.1) is 0 Å². The van der Waals surface area contributed by atoms with Gasteiger partial charge in [0.2, 0.25) is 5.91 Å². The summed E-state index contributed by atoms with van der Waals surface area (Å²) in [4.78, 5) is 24.2. The van der Waals surface area contributed by atoms with E-state index in [1.807, 2.05) is 0 Å². The molecule has 1 amide bonds. The number of esters is 1. The van der Waals surface area contributed by atoms with E-state index < -0.39 is 15.8 Å². The molecule has 1 aliphatic rings. The van der Waals surface area contributed by atoms with Gasteiger partial charge in [-0.1, -0.05) is 0 Å². The summed E-state index contributed by atoms with van der Waals surface area (Å²) >= 11 is 0. The van der Waals surface area contributed by atoms with Crippen molar-refractivity contribution in [1.29, 1.82) is 0 Å². The van der Waals surface area contributed by atoms with Crippen molar-refractivity contribution in [2.45, 2.75) is 19.8 Å². The molecule has 0 saturated carbocycles. The lowest BCUT2D eigenvalue weighted by atomic mass is 10.2. The van der Waals surface area contributed by atoms with Crippen LogP contribution < -0.4 is 0 Å². The van der Waals surface area contributed by atoms with Crippen LogP contribution in [0.1, 0.15) is 19.8 Å². The van der Waals surface area contributed by atoms with Crippen molar-refractivity contribution < 1.29 is 22.7 Å². The third-order valence-corrected chi connectivity index (χ3v) is 4.15. The smallest absolute Gasteiger partial charge is 0.306 e. The summed E-state index contributed by atoms with van der Waals surface area (Å²) in [5, 5.41) is 0. The van der Waals surface area contributed by atoms with Crippen molar-refractivity contribution in [3.8, 4) is 0 Å². The number of ether oxygens (including phenoxy) is 1. The predicted octanol–water partition coefficient (Wildman–Crippen LogP) is -0.413. The molecule has 17 heavy (non-hydrogen) atoms. The topological polar surface area (TPSA) is 80.8 Å². The van der Waals surface area contributed by atoms with Crippen molar-refractivity contribution in [3.05, 3.63) is 0 Å². The molecule has 0 aromatic heterocycles. The molecule has 7 heteroatoms. The highest BCUT2D eigenvalue weighted by atomic mass is 32.2. The summed E-state index contributed by atoms with van der Waals surface area (Å²) in [6, 6.07) is 0. The van der Waals surface area contributed by atoms with Crippen LogP contribution in [0.3, 0.4) is 0 Å². The molecule has 0 aliphatic carbocycles. The Labute approximate surface area is 101 Å². The molecule has 0 bridgehead atoms. The maximum absolute atomic E-state index is 11.6. The van der Waals surface area contributed by atoms with Gasteiger partial charge in [-0.25, -0.2) is 8.42 Å². The maximum atomic E-state index is 11.6. The lowest BCUT2D eigenvalue weighted by molar-refractivity contribution is -0.145. The second-order valence-electron chi connectivity index (χ2n) is 3.84. The SMILES string of the molecule is CCOC(=O)CCC(=O)N1CCS(=O)(=O)CC1. The highest BCUT2D eigenvalue weighted by molar-refractivity contribution is 7.91. The van der Waals surface area contributed by atoms with Gasteiger partial charge in [0.05, 0.1) is 24.5 Å². The Kier molecular flexibility index (Phi) is 4.92. The van der Waals surface area contributed by atoms with Crippen LogP contribution >= 0.6 is 0 Å². The van der Waals surface area contributed by atoms with Gasteiger partial charge >= 0.3 is 5.97 Å². The first-order valence-corrected chi connectivity index (χ1v) is 7.40. The number of nitrogens with zero attached hydrogens (tertiary/aromatic N) is 1. The van der Waals surface area contributed by atoms with E-state index in [0.717, 1.165) is 0 Å². The van der Waals surface area contributed by atoms with Gasteiger partial charge in [-0.05, 0) is 6.92 Å². The average Bonchev–Trinajstić information content (AvgIpc) is 2.26.